The van der Waals surface area contributed by atoms with Gasteiger partial charge in [0.25, 0.3) is 0 Å². The first kappa shape index (κ1) is 12.6. The van der Waals surface area contributed by atoms with Crippen LogP contribution in [0.15, 0.2) is 10.9 Å². The Kier molecular flexibility index (Phi) is 4.38. The smallest absolute Gasteiger partial charge is 0.303 e. The third-order valence-corrected chi connectivity index (χ3v) is 3.07. The molecular weight excluding hydrogens is 238 g/mol. The second kappa shape index (κ2) is 5.56. The van der Waals surface area contributed by atoms with E-state index in [0.717, 1.165) is 6.39 Å². The van der Waals surface area contributed by atoms with Gasteiger partial charge in [-0.05, 0) is 6.42 Å². The Morgan fingerprint density at radius 2 is 2.31 bits per heavy atom. The zero-order chi connectivity index (χ0) is 12.0. The molecule has 0 aliphatic rings. The van der Waals surface area contributed by atoms with Crippen molar-refractivity contribution < 1.29 is 22.8 Å². The van der Waals surface area contributed by atoms with Crippen LogP contribution in [0.2, 0.25) is 0 Å². The highest BCUT2D eigenvalue weighted by molar-refractivity contribution is 7.89. The molecule has 0 aromatic carbocycles. The Hall–Kier alpha value is -1.48. The fourth-order valence-electron chi connectivity index (χ4n) is 0.930. The molecule has 2 N–H and O–H groups in total. The van der Waals surface area contributed by atoms with Gasteiger partial charge < -0.3 is 9.63 Å². The first-order valence-electron chi connectivity index (χ1n) is 4.44. The van der Waals surface area contributed by atoms with Gasteiger partial charge in [-0.2, -0.15) is 4.98 Å². The van der Waals surface area contributed by atoms with E-state index in [0.29, 0.717) is 0 Å². The van der Waals surface area contributed by atoms with Crippen LogP contribution >= 0.6 is 0 Å². The van der Waals surface area contributed by atoms with Crippen LogP contribution < -0.4 is 4.72 Å². The number of aliphatic carboxylic acids is 1. The molecule has 90 valence electrons. The second-order valence-corrected chi connectivity index (χ2v) is 4.91. The third kappa shape index (κ3) is 4.84. The number of sulfonamides is 1. The van der Waals surface area contributed by atoms with Crippen molar-refractivity contribution in [1.29, 1.82) is 0 Å². The van der Waals surface area contributed by atoms with Gasteiger partial charge >= 0.3 is 5.97 Å². The van der Waals surface area contributed by atoms with Crippen LogP contribution in [-0.4, -0.2) is 35.4 Å². The molecule has 0 amide bonds. The van der Waals surface area contributed by atoms with E-state index in [-0.39, 0.29) is 31.0 Å². The van der Waals surface area contributed by atoms with Crippen molar-refractivity contribution in [2.45, 2.75) is 19.4 Å². The van der Waals surface area contributed by atoms with E-state index in [9.17, 15) is 13.2 Å². The summed E-state index contributed by atoms with van der Waals surface area (Å²) in [4.78, 5) is 13.8. The van der Waals surface area contributed by atoms with Crippen molar-refractivity contribution in [2.24, 2.45) is 0 Å². The lowest BCUT2D eigenvalue weighted by Crippen LogP contribution is -2.26. The van der Waals surface area contributed by atoms with E-state index in [1.165, 1.54) is 0 Å². The number of rotatable bonds is 7. The van der Waals surface area contributed by atoms with Crippen LogP contribution in [0.5, 0.6) is 0 Å². The van der Waals surface area contributed by atoms with Gasteiger partial charge in [-0.3, -0.25) is 4.79 Å². The average molecular weight is 249 g/mol. The summed E-state index contributed by atoms with van der Waals surface area (Å²) in [6.07, 6.45) is 0.980. The molecule has 1 heterocycles. The van der Waals surface area contributed by atoms with Gasteiger partial charge in [0.05, 0.1) is 12.3 Å². The maximum Gasteiger partial charge on any atom is 0.303 e. The number of carboxylic acid groups (broad SMARTS) is 1. The molecular formula is C7H11N3O5S. The average Bonchev–Trinajstić information content (AvgIpc) is 2.66. The molecule has 0 aliphatic carbocycles. The molecule has 1 aromatic rings. The number of carboxylic acids is 1. The molecule has 0 spiro atoms. The molecule has 0 bridgehead atoms. The number of hydrogen-bond donors (Lipinski definition) is 2. The summed E-state index contributed by atoms with van der Waals surface area (Å²) < 4.78 is 29.3. The standard InChI is InChI=1S/C7H11N3O5S/c11-7(12)2-1-3-16(13,14)9-4-6-8-5-15-10-6/h5,9H,1-4H2,(H,11,12). The number of nitrogens with zero attached hydrogens (tertiary/aromatic N) is 2. The minimum Gasteiger partial charge on any atom is -0.481 e. The maximum absolute atomic E-state index is 11.3. The zero-order valence-corrected chi connectivity index (χ0v) is 9.11. The molecule has 0 atom stereocenters. The van der Waals surface area contributed by atoms with E-state index in [4.69, 9.17) is 5.11 Å². The second-order valence-electron chi connectivity index (χ2n) is 2.98. The van der Waals surface area contributed by atoms with Gasteiger partial charge in [-0.15, -0.1) is 0 Å². The molecule has 0 unspecified atom stereocenters. The van der Waals surface area contributed by atoms with E-state index in [1.54, 1.807) is 0 Å². The Balaban J connectivity index is 2.31. The summed E-state index contributed by atoms with van der Waals surface area (Å²) in [6, 6.07) is 0. The highest BCUT2D eigenvalue weighted by atomic mass is 32.2. The van der Waals surface area contributed by atoms with Gasteiger partial charge in [0, 0.05) is 6.42 Å². The van der Waals surface area contributed by atoms with Gasteiger partial charge in [-0.25, -0.2) is 13.1 Å². The molecule has 0 saturated heterocycles. The van der Waals surface area contributed by atoms with E-state index in [2.05, 4.69) is 19.4 Å². The first-order chi connectivity index (χ1) is 7.49. The molecule has 0 fully saturated rings. The first-order valence-corrected chi connectivity index (χ1v) is 6.09. The van der Waals surface area contributed by atoms with E-state index < -0.39 is 16.0 Å². The molecule has 0 radical (unpaired) electrons. The number of carbonyl (C=O) groups is 1. The van der Waals surface area contributed by atoms with E-state index in [1.807, 2.05) is 0 Å². The molecule has 0 saturated carbocycles. The predicted octanol–water partition coefficient (Wildman–Crippen LogP) is -0.646. The summed E-state index contributed by atoms with van der Waals surface area (Å²) >= 11 is 0. The van der Waals surface area contributed by atoms with E-state index >= 15 is 0 Å². The van der Waals surface area contributed by atoms with Gasteiger partial charge in [0.15, 0.2) is 5.82 Å². The Bertz CT molecular complexity index is 427. The van der Waals surface area contributed by atoms with Crippen LogP contribution in [0.4, 0.5) is 0 Å². The monoisotopic (exact) mass is 249 g/mol. The summed E-state index contributed by atoms with van der Waals surface area (Å²) in [5, 5.41) is 11.8. The topological polar surface area (TPSA) is 122 Å². The quantitative estimate of drug-likeness (QED) is 0.658. The fraction of sp³-hybridized carbons (Fsp3) is 0.571. The summed E-state index contributed by atoms with van der Waals surface area (Å²) in [5.74, 6) is -1.04. The predicted molar refractivity (Wildman–Crippen MR) is 51.8 cm³/mol. The fourth-order valence-corrected chi connectivity index (χ4v) is 1.95. The lowest BCUT2D eigenvalue weighted by atomic mass is 10.3. The molecule has 9 heteroatoms. The van der Waals surface area contributed by atoms with Crippen molar-refractivity contribution in [3.8, 4) is 0 Å². The SMILES string of the molecule is O=C(O)CCCS(=O)(=O)NCc1ncon1. The van der Waals surface area contributed by atoms with Gasteiger partial charge in [0.1, 0.15) is 0 Å². The minimum absolute atomic E-state index is 0.0636. The van der Waals surface area contributed by atoms with Crippen LogP contribution in [0.3, 0.4) is 0 Å². The highest BCUT2D eigenvalue weighted by Crippen LogP contribution is 1.96. The lowest BCUT2D eigenvalue weighted by Gasteiger charge is -2.02. The molecule has 0 aliphatic heterocycles. The summed E-state index contributed by atoms with van der Waals surface area (Å²) in [7, 11) is -3.49. The van der Waals surface area contributed by atoms with Gasteiger partial charge in [-0.1, -0.05) is 5.16 Å². The van der Waals surface area contributed by atoms with Crippen molar-refractivity contribution in [1.82, 2.24) is 14.9 Å². The number of aromatic nitrogens is 2. The van der Waals surface area contributed by atoms with Crippen LogP contribution in [0.25, 0.3) is 0 Å². The molecule has 1 aromatic heterocycles. The van der Waals surface area contributed by atoms with Crippen LogP contribution in [0.1, 0.15) is 18.7 Å². The zero-order valence-electron chi connectivity index (χ0n) is 8.29. The van der Waals surface area contributed by atoms with Crippen molar-refractivity contribution in [3.63, 3.8) is 0 Å². The Morgan fingerprint density at radius 1 is 1.56 bits per heavy atom. The van der Waals surface area contributed by atoms with Crippen LogP contribution in [0, 0.1) is 0 Å². The number of hydrogen-bond acceptors (Lipinski definition) is 6. The van der Waals surface area contributed by atoms with Crippen molar-refractivity contribution in [2.75, 3.05) is 5.75 Å². The van der Waals surface area contributed by atoms with Crippen molar-refractivity contribution in [3.05, 3.63) is 12.2 Å². The normalized spacial score (nSPS) is 11.5. The largest absolute Gasteiger partial charge is 0.481 e. The highest BCUT2D eigenvalue weighted by Gasteiger charge is 2.12. The number of nitrogens with one attached hydrogen (secondary N) is 1. The molecule has 8 nitrogen and oxygen atoms in total. The Labute approximate surface area is 91.7 Å². The third-order valence-electron chi connectivity index (χ3n) is 1.66. The summed E-state index contributed by atoms with van der Waals surface area (Å²) in [5.41, 5.74) is 0. The molecule has 1 rings (SSSR count). The molecule has 16 heavy (non-hydrogen) atoms. The summed E-state index contributed by atoms with van der Waals surface area (Å²) in [6.45, 7) is -0.0636. The minimum atomic E-state index is -3.49. The van der Waals surface area contributed by atoms with Gasteiger partial charge in [0.2, 0.25) is 16.4 Å². The maximum atomic E-state index is 11.3. The van der Waals surface area contributed by atoms with Crippen molar-refractivity contribution >= 4 is 16.0 Å². The van der Waals surface area contributed by atoms with Crippen LogP contribution in [-0.2, 0) is 21.4 Å². The Morgan fingerprint density at radius 3 is 2.88 bits per heavy atom. The lowest BCUT2D eigenvalue weighted by molar-refractivity contribution is -0.137.